The van der Waals surface area contributed by atoms with Crippen LogP contribution in [-0.4, -0.2) is 54.2 Å². The molecule has 0 aliphatic carbocycles. The first kappa shape index (κ1) is 26.1. The summed E-state index contributed by atoms with van der Waals surface area (Å²) < 4.78 is 16.5. The van der Waals surface area contributed by atoms with Crippen molar-refractivity contribution in [2.24, 2.45) is 0 Å². The maximum absolute atomic E-state index is 13.1. The summed E-state index contributed by atoms with van der Waals surface area (Å²) in [5, 5.41) is 21.4. The number of amides is 1. The Morgan fingerprint density at radius 2 is 1.73 bits per heavy atom. The highest BCUT2D eigenvalue weighted by Crippen LogP contribution is 2.42. The van der Waals surface area contributed by atoms with E-state index in [-0.39, 0.29) is 31.1 Å². The summed E-state index contributed by atoms with van der Waals surface area (Å²) in [7, 11) is 2.97. The second-order valence-electron chi connectivity index (χ2n) is 8.24. The number of Topliss-reactive ketones (excluding diaryl/α,β-unsaturated/α-hetero) is 1. The number of ketones is 1. The average Bonchev–Trinajstić information content (AvgIpc) is 3.17. The Morgan fingerprint density at radius 3 is 2.43 bits per heavy atom. The lowest BCUT2D eigenvalue weighted by Crippen LogP contribution is -2.32. The van der Waals surface area contributed by atoms with Crippen molar-refractivity contribution in [1.82, 2.24) is 4.90 Å². The van der Waals surface area contributed by atoms with Gasteiger partial charge in [-0.25, -0.2) is 0 Å². The predicted octanol–water partition coefficient (Wildman–Crippen LogP) is 4.35. The fraction of sp³-hybridized carbons (Fsp3) is 0.214. The quantitative estimate of drug-likeness (QED) is 0.244. The van der Waals surface area contributed by atoms with E-state index < -0.39 is 17.7 Å². The summed E-state index contributed by atoms with van der Waals surface area (Å²) in [4.78, 5) is 27.2. The van der Waals surface area contributed by atoms with Crippen LogP contribution in [0.2, 0.25) is 5.02 Å². The lowest BCUT2D eigenvalue weighted by atomic mass is 9.95. The molecule has 0 bridgehead atoms. The first-order valence-electron chi connectivity index (χ1n) is 11.5. The molecule has 1 saturated heterocycles. The van der Waals surface area contributed by atoms with Crippen LogP contribution in [0.3, 0.4) is 0 Å². The molecular weight excluding hydrogens is 498 g/mol. The van der Waals surface area contributed by atoms with E-state index >= 15 is 0 Å². The molecule has 1 unspecified atom stereocenters. The molecule has 0 radical (unpaired) electrons. The minimum Gasteiger partial charge on any atom is -0.507 e. The summed E-state index contributed by atoms with van der Waals surface area (Å²) in [5.74, 6) is -0.731. The number of benzene rings is 3. The second kappa shape index (κ2) is 11.4. The summed E-state index contributed by atoms with van der Waals surface area (Å²) in [6.45, 7) is -0.250. The lowest BCUT2D eigenvalue weighted by Gasteiger charge is -2.25. The standard InChI is InChI=1S/C28H26ClNO7/c1-35-22-11-10-17(15-23(22)36-2)25-24(27(33)28(34)30(25)12-13-31)26(32)18-7-5-8-20(14-18)37-16-19-6-3-4-9-21(19)29/h3-11,14-15,25,31-32H,12-13,16H2,1-2H3/b26-24+. The van der Waals surface area contributed by atoms with Gasteiger partial charge in [0.2, 0.25) is 0 Å². The maximum atomic E-state index is 13.1. The van der Waals surface area contributed by atoms with Crippen LogP contribution >= 0.6 is 11.6 Å². The molecule has 3 aromatic rings. The van der Waals surface area contributed by atoms with Gasteiger partial charge in [0.15, 0.2) is 11.5 Å². The van der Waals surface area contributed by atoms with Crippen LogP contribution in [-0.2, 0) is 16.2 Å². The summed E-state index contributed by atoms with van der Waals surface area (Å²) in [5.41, 5.74) is 1.50. The molecule has 0 aromatic heterocycles. The highest BCUT2D eigenvalue weighted by atomic mass is 35.5. The van der Waals surface area contributed by atoms with Crippen molar-refractivity contribution >= 4 is 29.1 Å². The summed E-state index contributed by atoms with van der Waals surface area (Å²) >= 11 is 6.21. The minimum atomic E-state index is -0.945. The Balaban J connectivity index is 1.74. The van der Waals surface area contributed by atoms with Crippen molar-refractivity contribution < 1.29 is 34.0 Å². The first-order chi connectivity index (χ1) is 17.9. The SMILES string of the molecule is COc1ccc(C2/C(=C(\O)c3cccc(OCc4ccccc4Cl)c3)C(=O)C(=O)N2CCO)cc1OC. The molecule has 9 heteroatoms. The van der Waals surface area contributed by atoms with Gasteiger partial charge in [-0.1, -0.05) is 48.0 Å². The van der Waals surface area contributed by atoms with Crippen LogP contribution < -0.4 is 14.2 Å². The number of halogens is 1. The van der Waals surface area contributed by atoms with E-state index in [1.54, 1.807) is 48.5 Å². The molecule has 1 fully saturated rings. The lowest BCUT2D eigenvalue weighted by molar-refractivity contribution is -0.140. The van der Waals surface area contributed by atoms with Gasteiger partial charge in [0.1, 0.15) is 18.1 Å². The molecule has 1 atom stereocenters. The average molecular weight is 524 g/mol. The number of methoxy groups -OCH3 is 2. The molecule has 8 nitrogen and oxygen atoms in total. The van der Waals surface area contributed by atoms with Crippen LogP contribution in [0.5, 0.6) is 17.2 Å². The summed E-state index contributed by atoms with van der Waals surface area (Å²) in [6, 6.07) is 17.9. The number of likely N-dealkylation sites (tertiary alicyclic amines) is 1. The third-order valence-corrected chi connectivity index (χ3v) is 6.43. The van der Waals surface area contributed by atoms with Crippen LogP contribution in [0, 0.1) is 0 Å². The number of carbonyl (C=O) groups excluding carboxylic acids is 2. The molecule has 3 aromatic carbocycles. The van der Waals surface area contributed by atoms with Crippen LogP contribution in [0.1, 0.15) is 22.7 Å². The number of nitrogens with zero attached hydrogens (tertiary/aromatic N) is 1. The zero-order valence-electron chi connectivity index (χ0n) is 20.3. The zero-order valence-corrected chi connectivity index (χ0v) is 21.1. The Morgan fingerprint density at radius 1 is 0.973 bits per heavy atom. The van der Waals surface area contributed by atoms with Gasteiger partial charge in [-0.15, -0.1) is 0 Å². The van der Waals surface area contributed by atoms with Crippen molar-refractivity contribution in [2.45, 2.75) is 12.6 Å². The van der Waals surface area contributed by atoms with Crippen molar-refractivity contribution in [3.8, 4) is 17.2 Å². The largest absolute Gasteiger partial charge is 0.507 e. The Labute approximate surface area is 219 Å². The number of rotatable bonds is 9. The zero-order chi connectivity index (χ0) is 26.5. The van der Waals surface area contributed by atoms with E-state index in [0.717, 1.165) is 5.56 Å². The number of hydrogen-bond donors (Lipinski definition) is 2. The Hall–Kier alpha value is -4.01. The number of aliphatic hydroxyl groups excluding tert-OH is 2. The van der Waals surface area contributed by atoms with Crippen molar-refractivity contribution in [3.63, 3.8) is 0 Å². The van der Waals surface area contributed by atoms with Gasteiger partial charge in [-0.2, -0.15) is 0 Å². The third kappa shape index (κ3) is 5.26. The molecule has 1 amide bonds. The maximum Gasteiger partial charge on any atom is 0.295 e. The molecule has 0 spiro atoms. The Bertz CT molecular complexity index is 1350. The van der Waals surface area contributed by atoms with Gasteiger partial charge in [-0.05, 0) is 35.9 Å². The smallest absolute Gasteiger partial charge is 0.295 e. The highest BCUT2D eigenvalue weighted by Gasteiger charge is 2.46. The fourth-order valence-electron chi connectivity index (χ4n) is 4.25. The van der Waals surface area contributed by atoms with Crippen molar-refractivity contribution in [2.75, 3.05) is 27.4 Å². The highest BCUT2D eigenvalue weighted by molar-refractivity contribution is 6.46. The predicted molar refractivity (Wildman–Crippen MR) is 138 cm³/mol. The molecule has 1 aliphatic rings. The van der Waals surface area contributed by atoms with Crippen LogP contribution in [0.25, 0.3) is 5.76 Å². The third-order valence-electron chi connectivity index (χ3n) is 6.06. The van der Waals surface area contributed by atoms with Gasteiger partial charge >= 0.3 is 0 Å². The molecular formula is C28H26ClNO7. The molecule has 4 rings (SSSR count). The molecule has 192 valence electrons. The number of ether oxygens (including phenoxy) is 3. The van der Waals surface area contributed by atoms with E-state index in [0.29, 0.717) is 33.4 Å². The van der Waals surface area contributed by atoms with Gasteiger partial charge in [0.05, 0.1) is 32.4 Å². The number of carbonyl (C=O) groups is 2. The van der Waals surface area contributed by atoms with Crippen molar-refractivity contribution in [3.05, 3.63) is 94.0 Å². The first-order valence-corrected chi connectivity index (χ1v) is 11.8. The van der Waals surface area contributed by atoms with Gasteiger partial charge in [0, 0.05) is 22.7 Å². The van der Waals surface area contributed by atoms with E-state index in [1.165, 1.54) is 19.1 Å². The van der Waals surface area contributed by atoms with Crippen LogP contribution in [0.4, 0.5) is 0 Å². The topological polar surface area (TPSA) is 106 Å². The molecule has 2 N–H and O–H groups in total. The molecule has 37 heavy (non-hydrogen) atoms. The van der Waals surface area contributed by atoms with Crippen molar-refractivity contribution in [1.29, 1.82) is 0 Å². The molecule has 1 heterocycles. The van der Waals surface area contributed by atoms with Gasteiger partial charge in [0.25, 0.3) is 11.7 Å². The van der Waals surface area contributed by atoms with Gasteiger partial charge in [-0.3, -0.25) is 9.59 Å². The van der Waals surface area contributed by atoms with Crippen LogP contribution in [0.15, 0.2) is 72.3 Å². The number of β-amino-alcohol motifs (C(OH)–C–C–N with tert-alkyl or cyclic N) is 1. The molecule has 1 aliphatic heterocycles. The summed E-state index contributed by atoms with van der Waals surface area (Å²) in [6.07, 6.45) is 0. The number of aliphatic hydroxyl groups is 2. The number of hydrogen-bond acceptors (Lipinski definition) is 7. The Kier molecular flexibility index (Phi) is 8.01. The minimum absolute atomic E-state index is 0.0959. The van der Waals surface area contributed by atoms with E-state index in [1.807, 2.05) is 18.2 Å². The normalized spacial score (nSPS) is 16.6. The van der Waals surface area contributed by atoms with E-state index in [9.17, 15) is 19.8 Å². The van der Waals surface area contributed by atoms with E-state index in [4.69, 9.17) is 25.8 Å². The van der Waals surface area contributed by atoms with Gasteiger partial charge < -0.3 is 29.3 Å². The second-order valence-corrected chi connectivity index (χ2v) is 8.65. The fourth-order valence-corrected chi connectivity index (χ4v) is 4.44. The monoisotopic (exact) mass is 523 g/mol. The molecule has 0 saturated carbocycles. The van der Waals surface area contributed by atoms with E-state index in [2.05, 4.69) is 0 Å².